The highest BCUT2D eigenvalue weighted by Crippen LogP contribution is 2.37. The third kappa shape index (κ3) is 1.91. The number of hydrogen-bond acceptors (Lipinski definition) is 3. The van der Waals surface area contributed by atoms with E-state index in [1.54, 1.807) is 0 Å². The van der Waals surface area contributed by atoms with E-state index in [-0.39, 0.29) is 6.04 Å². The molecule has 0 aromatic carbocycles. The van der Waals surface area contributed by atoms with Crippen LogP contribution in [0.3, 0.4) is 0 Å². The number of thiazole rings is 1. The van der Waals surface area contributed by atoms with Gasteiger partial charge in [-0.3, -0.25) is 0 Å². The van der Waals surface area contributed by atoms with Crippen molar-refractivity contribution in [2.45, 2.75) is 57.4 Å². The van der Waals surface area contributed by atoms with Crippen LogP contribution in [0.1, 0.15) is 60.1 Å². The first-order chi connectivity index (χ1) is 7.84. The maximum Gasteiger partial charge on any atom is 0.110 e. The van der Waals surface area contributed by atoms with Crippen LogP contribution in [0, 0.1) is 5.92 Å². The third-order valence-corrected chi connectivity index (χ3v) is 5.31. The van der Waals surface area contributed by atoms with Gasteiger partial charge in [0.05, 0.1) is 11.7 Å². The zero-order valence-corrected chi connectivity index (χ0v) is 10.6. The Morgan fingerprint density at radius 1 is 1.12 bits per heavy atom. The molecule has 2 aliphatic carbocycles. The predicted octanol–water partition coefficient (Wildman–Crippen LogP) is 3.21. The van der Waals surface area contributed by atoms with Crippen LogP contribution < -0.4 is 5.73 Å². The Hall–Kier alpha value is -0.410. The molecular weight excluding hydrogens is 216 g/mol. The van der Waals surface area contributed by atoms with Gasteiger partial charge >= 0.3 is 0 Å². The predicted molar refractivity (Wildman–Crippen MR) is 67.6 cm³/mol. The second-order valence-corrected chi connectivity index (χ2v) is 6.31. The lowest BCUT2D eigenvalue weighted by Gasteiger charge is -2.15. The third-order valence-electron chi connectivity index (χ3n) is 4.06. The first-order valence-corrected chi connectivity index (χ1v) is 7.40. The van der Waals surface area contributed by atoms with Gasteiger partial charge in [0.1, 0.15) is 5.01 Å². The lowest BCUT2D eigenvalue weighted by atomic mass is 9.99. The second kappa shape index (κ2) is 4.46. The molecule has 0 spiro atoms. The molecule has 1 unspecified atom stereocenters. The van der Waals surface area contributed by atoms with E-state index in [0.29, 0.717) is 5.92 Å². The molecule has 3 rings (SSSR count). The number of aromatic nitrogens is 1. The lowest BCUT2D eigenvalue weighted by Crippen LogP contribution is -2.18. The Kier molecular flexibility index (Phi) is 2.99. The highest BCUT2D eigenvalue weighted by molar-refractivity contribution is 7.11. The summed E-state index contributed by atoms with van der Waals surface area (Å²) in [5.74, 6) is 0.701. The summed E-state index contributed by atoms with van der Waals surface area (Å²) in [4.78, 5) is 6.31. The smallest absolute Gasteiger partial charge is 0.110 e. The maximum absolute atomic E-state index is 6.36. The van der Waals surface area contributed by atoms with Crippen molar-refractivity contribution in [2.75, 3.05) is 0 Å². The van der Waals surface area contributed by atoms with Crippen molar-refractivity contribution in [2.24, 2.45) is 11.7 Å². The summed E-state index contributed by atoms with van der Waals surface area (Å²) in [6, 6.07) is 0.220. The Bertz CT molecular complexity index is 343. The summed E-state index contributed by atoms with van der Waals surface area (Å²) in [7, 11) is 0. The average molecular weight is 236 g/mol. The first-order valence-electron chi connectivity index (χ1n) is 6.58. The number of hydrogen-bond donors (Lipinski definition) is 1. The molecule has 1 aromatic rings. The van der Waals surface area contributed by atoms with Crippen LogP contribution >= 0.6 is 11.3 Å². The van der Waals surface area contributed by atoms with Crippen LogP contribution in [-0.4, -0.2) is 4.98 Å². The van der Waals surface area contributed by atoms with Crippen LogP contribution in [0.15, 0.2) is 0 Å². The van der Waals surface area contributed by atoms with E-state index in [4.69, 9.17) is 10.7 Å². The normalized spacial score (nSPS) is 23.3. The molecular formula is C13H20N2S. The van der Waals surface area contributed by atoms with Crippen molar-refractivity contribution in [3.8, 4) is 0 Å². The quantitative estimate of drug-likeness (QED) is 0.856. The Balaban J connectivity index is 1.80. The highest BCUT2D eigenvalue weighted by atomic mass is 32.1. The van der Waals surface area contributed by atoms with Gasteiger partial charge in [-0.2, -0.15) is 0 Å². The Morgan fingerprint density at radius 2 is 1.88 bits per heavy atom. The van der Waals surface area contributed by atoms with Crippen LogP contribution in [0.4, 0.5) is 0 Å². The monoisotopic (exact) mass is 236 g/mol. The number of rotatable bonds is 2. The molecule has 2 aliphatic rings. The molecule has 1 heterocycles. The van der Waals surface area contributed by atoms with Crippen molar-refractivity contribution in [3.05, 3.63) is 15.6 Å². The minimum absolute atomic E-state index is 0.220. The molecule has 0 saturated heterocycles. The number of aryl methyl sites for hydroxylation is 2. The Morgan fingerprint density at radius 3 is 2.62 bits per heavy atom. The lowest BCUT2D eigenvalue weighted by molar-refractivity contribution is 0.442. The highest BCUT2D eigenvalue weighted by Gasteiger charge is 2.27. The van der Waals surface area contributed by atoms with Crippen LogP contribution in [0.25, 0.3) is 0 Å². The molecule has 0 aliphatic heterocycles. The van der Waals surface area contributed by atoms with E-state index in [9.17, 15) is 0 Å². The molecule has 1 saturated carbocycles. The van der Waals surface area contributed by atoms with Crippen LogP contribution in [0.5, 0.6) is 0 Å². The van der Waals surface area contributed by atoms with E-state index in [0.717, 1.165) is 0 Å². The fourth-order valence-corrected chi connectivity index (χ4v) is 4.28. The number of nitrogens with two attached hydrogens (primary N) is 1. The maximum atomic E-state index is 6.36. The summed E-state index contributed by atoms with van der Waals surface area (Å²) in [5.41, 5.74) is 7.72. The topological polar surface area (TPSA) is 38.9 Å². The van der Waals surface area contributed by atoms with Gasteiger partial charge in [-0.05, 0) is 44.4 Å². The van der Waals surface area contributed by atoms with Gasteiger partial charge in [-0.25, -0.2) is 4.98 Å². The van der Waals surface area contributed by atoms with E-state index < -0.39 is 0 Å². The molecule has 2 N–H and O–H groups in total. The summed E-state index contributed by atoms with van der Waals surface area (Å²) in [6.45, 7) is 0. The van der Waals surface area contributed by atoms with Crippen LogP contribution in [-0.2, 0) is 12.8 Å². The molecule has 1 aromatic heterocycles. The fraction of sp³-hybridized carbons (Fsp3) is 0.769. The number of nitrogens with zero attached hydrogens (tertiary/aromatic N) is 1. The first kappa shape index (κ1) is 10.7. The Labute approximate surface area is 101 Å². The number of fused-ring (bicyclic) bond motifs is 1. The SMILES string of the molecule is NC(c1nc2c(s1)CCCC2)C1CCCC1. The minimum atomic E-state index is 0.220. The van der Waals surface area contributed by atoms with Gasteiger partial charge in [-0.15, -0.1) is 11.3 Å². The standard InChI is InChI=1S/C13H20N2S/c14-12(9-5-1-2-6-9)13-15-10-7-3-4-8-11(10)16-13/h9,12H,1-8,14H2. The zero-order chi connectivity index (χ0) is 11.0. The summed E-state index contributed by atoms with van der Waals surface area (Å²) in [6.07, 6.45) is 10.4. The molecule has 0 amide bonds. The second-order valence-electron chi connectivity index (χ2n) is 5.20. The van der Waals surface area contributed by atoms with Crippen molar-refractivity contribution in [3.63, 3.8) is 0 Å². The van der Waals surface area contributed by atoms with E-state index in [2.05, 4.69) is 0 Å². The van der Waals surface area contributed by atoms with Gasteiger partial charge < -0.3 is 5.73 Å². The summed E-state index contributed by atoms with van der Waals surface area (Å²) < 4.78 is 0. The van der Waals surface area contributed by atoms with Crippen LogP contribution in [0.2, 0.25) is 0 Å². The van der Waals surface area contributed by atoms with Gasteiger partial charge in [0.2, 0.25) is 0 Å². The fourth-order valence-electron chi connectivity index (χ4n) is 3.03. The molecule has 1 atom stereocenters. The van der Waals surface area contributed by atoms with Gasteiger partial charge in [0.25, 0.3) is 0 Å². The van der Waals surface area contributed by atoms with Crippen molar-refractivity contribution >= 4 is 11.3 Å². The molecule has 0 bridgehead atoms. The van der Waals surface area contributed by atoms with Crippen molar-refractivity contribution in [1.82, 2.24) is 4.98 Å². The largest absolute Gasteiger partial charge is 0.322 e. The van der Waals surface area contributed by atoms with E-state index in [1.807, 2.05) is 11.3 Å². The van der Waals surface area contributed by atoms with Crippen molar-refractivity contribution in [1.29, 1.82) is 0 Å². The molecule has 1 fully saturated rings. The van der Waals surface area contributed by atoms with Crippen molar-refractivity contribution < 1.29 is 0 Å². The van der Waals surface area contributed by atoms with Gasteiger partial charge in [-0.1, -0.05) is 12.8 Å². The van der Waals surface area contributed by atoms with E-state index >= 15 is 0 Å². The molecule has 3 heteroatoms. The summed E-state index contributed by atoms with van der Waals surface area (Å²) >= 11 is 1.89. The average Bonchev–Trinajstić information content (AvgIpc) is 2.97. The summed E-state index contributed by atoms with van der Waals surface area (Å²) in [5, 5.41) is 1.22. The van der Waals surface area contributed by atoms with Gasteiger partial charge in [0, 0.05) is 4.88 Å². The molecule has 88 valence electrons. The minimum Gasteiger partial charge on any atom is -0.322 e. The molecule has 16 heavy (non-hydrogen) atoms. The van der Waals surface area contributed by atoms with E-state index in [1.165, 1.54) is 66.9 Å². The zero-order valence-electron chi connectivity index (χ0n) is 9.74. The van der Waals surface area contributed by atoms with Gasteiger partial charge in [0.15, 0.2) is 0 Å². The molecule has 0 radical (unpaired) electrons. The molecule has 2 nitrogen and oxygen atoms in total.